The summed E-state index contributed by atoms with van der Waals surface area (Å²) in [5.74, 6) is 1.22. The molecule has 4 aromatic rings. The molecule has 10 heteroatoms. The summed E-state index contributed by atoms with van der Waals surface area (Å²) in [6.07, 6.45) is 2.42. The summed E-state index contributed by atoms with van der Waals surface area (Å²) in [7, 11) is 0. The Hall–Kier alpha value is -3.37. The maximum atomic E-state index is 13.3. The Labute approximate surface area is 224 Å². The summed E-state index contributed by atoms with van der Waals surface area (Å²) in [5.41, 5.74) is 1.86. The second kappa shape index (κ2) is 11.1. The molecule has 0 saturated carbocycles. The molecule has 0 bridgehead atoms. The Balaban J connectivity index is 1.60. The molecular weight excluding hydrogens is 592 g/mol. The number of fused-ring (bicyclic) bond motifs is 1. The van der Waals surface area contributed by atoms with Gasteiger partial charge in [0.05, 0.1) is 26.5 Å². The van der Waals surface area contributed by atoms with Crippen LogP contribution in [0.5, 0.6) is 5.75 Å². The number of ether oxygens (including phenoxy) is 1. The normalized spacial score (nSPS) is 12.2. The molecule has 36 heavy (non-hydrogen) atoms. The minimum absolute atomic E-state index is 0.0178. The van der Waals surface area contributed by atoms with Crippen LogP contribution in [0.4, 0.5) is 5.69 Å². The van der Waals surface area contributed by atoms with E-state index in [0.29, 0.717) is 32.5 Å². The number of nitro groups is 1. The maximum absolute atomic E-state index is 13.3. The third kappa shape index (κ3) is 5.71. The van der Waals surface area contributed by atoms with E-state index in [1.54, 1.807) is 30.5 Å². The average Bonchev–Trinajstić information content (AvgIpc) is 2.87. The van der Waals surface area contributed by atoms with Gasteiger partial charge in [-0.2, -0.15) is 9.78 Å². The molecule has 0 radical (unpaired) electrons. The fraction of sp³-hybridized carbons (Fsp3) is 0.192. The minimum atomic E-state index is -0.435. The lowest BCUT2D eigenvalue weighted by atomic mass is 10.1. The van der Waals surface area contributed by atoms with Gasteiger partial charge in [0.2, 0.25) is 0 Å². The van der Waals surface area contributed by atoms with Crippen LogP contribution in [-0.2, 0) is 6.61 Å². The van der Waals surface area contributed by atoms with E-state index in [1.807, 2.05) is 38.1 Å². The Bertz CT molecular complexity index is 1530. The Morgan fingerprint density at radius 1 is 1.17 bits per heavy atom. The first-order valence-corrected chi connectivity index (χ1v) is 12.8. The molecule has 1 aromatic heterocycles. The predicted octanol–water partition coefficient (Wildman–Crippen LogP) is 6.80. The van der Waals surface area contributed by atoms with Crippen LogP contribution in [-0.4, -0.2) is 20.8 Å². The van der Waals surface area contributed by atoms with Crippen LogP contribution >= 0.6 is 31.9 Å². The number of rotatable bonds is 8. The van der Waals surface area contributed by atoms with Crippen molar-refractivity contribution >= 4 is 54.7 Å². The van der Waals surface area contributed by atoms with E-state index in [9.17, 15) is 14.9 Å². The van der Waals surface area contributed by atoms with Gasteiger partial charge in [-0.15, -0.1) is 0 Å². The molecule has 4 rings (SSSR count). The third-order valence-corrected chi connectivity index (χ3v) is 6.79. The molecule has 3 aromatic carbocycles. The molecular formula is C26H22Br2N4O4. The highest BCUT2D eigenvalue weighted by Gasteiger charge is 2.16. The summed E-state index contributed by atoms with van der Waals surface area (Å²) in [4.78, 5) is 28.5. The number of non-ortho nitro benzene ring substituents is 1. The van der Waals surface area contributed by atoms with Crippen LogP contribution in [0, 0.1) is 10.1 Å². The summed E-state index contributed by atoms with van der Waals surface area (Å²) >= 11 is 6.93. The molecule has 0 aliphatic carbocycles. The molecule has 1 heterocycles. The van der Waals surface area contributed by atoms with Crippen molar-refractivity contribution in [2.24, 2.45) is 5.10 Å². The molecule has 0 amide bonds. The zero-order chi connectivity index (χ0) is 25.8. The highest BCUT2D eigenvalue weighted by Crippen LogP contribution is 2.27. The van der Waals surface area contributed by atoms with Crippen molar-refractivity contribution in [1.29, 1.82) is 0 Å². The minimum Gasteiger partial charge on any atom is -0.488 e. The largest absolute Gasteiger partial charge is 0.488 e. The molecule has 8 nitrogen and oxygen atoms in total. The van der Waals surface area contributed by atoms with E-state index in [4.69, 9.17) is 9.72 Å². The van der Waals surface area contributed by atoms with E-state index in [0.717, 1.165) is 16.5 Å². The fourth-order valence-corrected chi connectivity index (χ4v) is 4.41. The van der Waals surface area contributed by atoms with E-state index >= 15 is 0 Å². The van der Waals surface area contributed by atoms with Crippen LogP contribution in [0.25, 0.3) is 10.9 Å². The fourth-order valence-electron chi connectivity index (χ4n) is 3.54. The molecule has 0 spiro atoms. The molecule has 0 aliphatic heterocycles. The van der Waals surface area contributed by atoms with Crippen molar-refractivity contribution in [1.82, 2.24) is 9.66 Å². The lowest BCUT2D eigenvalue weighted by Gasteiger charge is -2.14. The first-order chi connectivity index (χ1) is 17.3. The highest BCUT2D eigenvalue weighted by molar-refractivity contribution is 9.10. The topological polar surface area (TPSA) is 99.6 Å². The number of hydrogen-bond donors (Lipinski definition) is 0. The predicted molar refractivity (Wildman–Crippen MR) is 147 cm³/mol. The number of benzene rings is 3. The first kappa shape index (κ1) is 25.7. The number of aromatic nitrogens is 2. The monoisotopic (exact) mass is 612 g/mol. The second-order valence-corrected chi connectivity index (χ2v) is 9.98. The van der Waals surface area contributed by atoms with Crippen LogP contribution in [0.15, 0.2) is 79.5 Å². The molecule has 184 valence electrons. The van der Waals surface area contributed by atoms with Crippen LogP contribution < -0.4 is 10.3 Å². The molecule has 0 fully saturated rings. The van der Waals surface area contributed by atoms with Crippen molar-refractivity contribution in [3.8, 4) is 5.75 Å². The number of nitro benzene ring substituents is 1. The van der Waals surface area contributed by atoms with E-state index in [-0.39, 0.29) is 23.8 Å². The van der Waals surface area contributed by atoms with E-state index < -0.39 is 4.92 Å². The van der Waals surface area contributed by atoms with Crippen LogP contribution in [0.3, 0.4) is 0 Å². The first-order valence-electron chi connectivity index (χ1n) is 11.2. The molecule has 1 atom stereocenters. The van der Waals surface area contributed by atoms with Crippen molar-refractivity contribution in [3.05, 3.63) is 107 Å². The maximum Gasteiger partial charge on any atom is 0.282 e. The SMILES string of the molecule is CC[C@H](C)c1nc2ccc(Br)cc2c(=O)n1N=Cc1ccc(OCc2cccc([N+](=O)[O-])c2)c(Br)c1. The summed E-state index contributed by atoms with van der Waals surface area (Å²) in [6, 6.07) is 17.2. The van der Waals surface area contributed by atoms with Gasteiger partial charge in [0.1, 0.15) is 18.2 Å². The number of nitrogens with zero attached hydrogens (tertiary/aromatic N) is 4. The van der Waals surface area contributed by atoms with Gasteiger partial charge in [0, 0.05) is 22.5 Å². The number of halogens is 2. The Morgan fingerprint density at radius 2 is 1.97 bits per heavy atom. The van der Waals surface area contributed by atoms with Gasteiger partial charge in [0.15, 0.2) is 0 Å². The lowest BCUT2D eigenvalue weighted by molar-refractivity contribution is -0.384. The van der Waals surface area contributed by atoms with Gasteiger partial charge >= 0.3 is 0 Å². The van der Waals surface area contributed by atoms with Crippen molar-refractivity contribution in [2.45, 2.75) is 32.8 Å². The van der Waals surface area contributed by atoms with E-state index in [1.165, 1.54) is 16.8 Å². The second-order valence-electron chi connectivity index (χ2n) is 8.21. The van der Waals surface area contributed by atoms with Crippen molar-refractivity contribution in [3.63, 3.8) is 0 Å². The van der Waals surface area contributed by atoms with Gasteiger partial charge in [-0.3, -0.25) is 14.9 Å². The van der Waals surface area contributed by atoms with Gasteiger partial charge in [0.25, 0.3) is 11.2 Å². The van der Waals surface area contributed by atoms with Crippen molar-refractivity contribution < 1.29 is 9.66 Å². The highest BCUT2D eigenvalue weighted by atomic mass is 79.9. The summed E-state index contributed by atoms with van der Waals surface area (Å²) in [6.45, 7) is 4.24. The van der Waals surface area contributed by atoms with Crippen molar-refractivity contribution in [2.75, 3.05) is 0 Å². The quantitative estimate of drug-likeness (QED) is 0.124. The lowest BCUT2D eigenvalue weighted by Crippen LogP contribution is -2.23. The smallest absolute Gasteiger partial charge is 0.282 e. The van der Waals surface area contributed by atoms with Crippen LogP contribution in [0.2, 0.25) is 0 Å². The molecule has 0 unspecified atom stereocenters. The molecule has 0 N–H and O–H groups in total. The standard InChI is InChI=1S/C26H22Br2N4O4/c1-3-16(2)25-30-23-9-8-19(27)13-21(23)26(33)31(25)29-14-17-7-10-24(22(28)12-17)36-15-18-5-4-6-20(11-18)32(34)35/h4-14,16H,3,15H2,1-2H3/t16-/m0/s1. The Morgan fingerprint density at radius 3 is 2.69 bits per heavy atom. The summed E-state index contributed by atoms with van der Waals surface area (Å²) < 4.78 is 8.68. The zero-order valence-electron chi connectivity index (χ0n) is 19.5. The van der Waals surface area contributed by atoms with Gasteiger partial charge < -0.3 is 4.74 Å². The third-order valence-electron chi connectivity index (χ3n) is 5.68. The summed E-state index contributed by atoms with van der Waals surface area (Å²) in [5, 5.41) is 16.0. The number of hydrogen-bond acceptors (Lipinski definition) is 6. The Kier molecular flexibility index (Phi) is 7.95. The zero-order valence-corrected chi connectivity index (χ0v) is 22.7. The molecule has 0 aliphatic rings. The molecule has 0 saturated heterocycles. The average molecular weight is 614 g/mol. The van der Waals surface area contributed by atoms with Gasteiger partial charge in [-0.1, -0.05) is 41.9 Å². The van der Waals surface area contributed by atoms with Gasteiger partial charge in [-0.05, 0) is 69.9 Å². The van der Waals surface area contributed by atoms with Gasteiger partial charge in [-0.25, -0.2) is 4.98 Å². The van der Waals surface area contributed by atoms with E-state index in [2.05, 4.69) is 37.0 Å². The van der Waals surface area contributed by atoms with Crippen LogP contribution in [0.1, 0.15) is 43.1 Å².